The monoisotopic (exact) mass is 204 g/mol. The Labute approximate surface area is 80.2 Å². The van der Waals surface area contributed by atoms with E-state index in [9.17, 15) is 13.2 Å². The van der Waals surface area contributed by atoms with Crippen LogP contribution in [0.2, 0.25) is 0 Å². The fourth-order valence-electron chi connectivity index (χ4n) is 1.82. The van der Waals surface area contributed by atoms with Crippen LogP contribution >= 0.6 is 0 Å². The summed E-state index contributed by atoms with van der Waals surface area (Å²) >= 11 is 0. The molecule has 2 aliphatic carbocycles. The Morgan fingerprint density at radius 1 is 1.43 bits per heavy atom. The molecular weight excluding hydrogens is 193 g/mol. The van der Waals surface area contributed by atoms with Crippen molar-refractivity contribution in [2.45, 2.75) is 25.8 Å². The zero-order valence-electron chi connectivity index (χ0n) is 7.71. The van der Waals surface area contributed by atoms with Gasteiger partial charge in [0, 0.05) is 0 Å². The normalized spacial score (nSPS) is 36.0. The summed E-state index contributed by atoms with van der Waals surface area (Å²) in [5.74, 6) is 0.293. The molecule has 3 unspecified atom stereocenters. The van der Waals surface area contributed by atoms with E-state index >= 15 is 0 Å². The summed E-state index contributed by atoms with van der Waals surface area (Å²) in [6, 6.07) is 0. The lowest BCUT2D eigenvalue weighted by molar-refractivity contribution is -0.338. The average Bonchev–Trinajstić information content (AvgIpc) is 2.74. The molecule has 0 aromatic rings. The molecule has 3 atom stereocenters. The van der Waals surface area contributed by atoms with E-state index in [0.717, 1.165) is 12.0 Å². The Morgan fingerprint density at radius 3 is 2.79 bits per heavy atom. The summed E-state index contributed by atoms with van der Waals surface area (Å²) < 4.78 is 40.1. The average molecular weight is 204 g/mol. The molecule has 1 saturated carbocycles. The van der Waals surface area contributed by atoms with Gasteiger partial charge in [0.1, 0.15) is 0 Å². The Kier molecular flexibility index (Phi) is 2.18. The molecular formula is C10H11F3O. The lowest BCUT2D eigenvalue weighted by atomic mass is 10.1. The molecule has 0 bridgehead atoms. The van der Waals surface area contributed by atoms with Crippen LogP contribution in [-0.2, 0) is 4.74 Å². The van der Waals surface area contributed by atoms with Gasteiger partial charge < -0.3 is 0 Å². The second-order valence-electron chi connectivity index (χ2n) is 3.86. The molecule has 0 aliphatic heterocycles. The van der Waals surface area contributed by atoms with Crippen LogP contribution in [0.1, 0.15) is 13.3 Å². The van der Waals surface area contributed by atoms with Crippen molar-refractivity contribution in [2.75, 3.05) is 0 Å². The maximum absolute atomic E-state index is 12.0. The number of fused-ring (bicyclic) bond motifs is 1. The SMILES string of the molecule is CC1=CC(OC(F)(F)F)C2CC2C=C1. The largest absolute Gasteiger partial charge is 0.523 e. The van der Waals surface area contributed by atoms with E-state index in [0.29, 0.717) is 0 Å². The maximum atomic E-state index is 12.0. The van der Waals surface area contributed by atoms with Crippen molar-refractivity contribution in [3.05, 3.63) is 23.8 Å². The van der Waals surface area contributed by atoms with Crippen LogP contribution in [0.4, 0.5) is 13.2 Å². The standard InChI is InChI=1S/C10H11F3O/c1-6-2-3-7-5-8(7)9(4-6)14-10(11,12)13/h2-4,7-9H,5H2,1H3. The minimum Gasteiger partial charge on any atom is -0.284 e. The highest BCUT2D eigenvalue weighted by Crippen LogP contribution is 2.47. The molecule has 0 saturated heterocycles. The fraction of sp³-hybridized carbons (Fsp3) is 0.600. The summed E-state index contributed by atoms with van der Waals surface area (Å²) in [5.41, 5.74) is 0.839. The molecule has 4 heteroatoms. The van der Waals surface area contributed by atoms with E-state index in [4.69, 9.17) is 0 Å². The molecule has 0 amide bonds. The van der Waals surface area contributed by atoms with Crippen molar-refractivity contribution in [2.24, 2.45) is 11.8 Å². The summed E-state index contributed by atoms with van der Waals surface area (Å²) in [4.78, 5) is 0. The van der Waals surface area contributed by atoms with Gasteiger partial charge in [-0.05, 0) is 25.2 Å². The van der Waals surface area contributed by atoms with E-state index < -0.39 is 12.5 Å². The first kappa shape index (κ1) is 9.77. The van der Waals surface area contributed by atoms with Crippen molar-refractivity contribution in [1.82, 2.24) is 0 Å². The molecule has 0 radical (unpaired) electrons. The lowest BCUT2D eigenvalue weighted by Crippen LogP contribution is -2.24. The van der Waals surface area contributed by atoms with Gasteiger partial charge in [-0.25, -0.2) is 0 Å². The van der Waals surface area contributed by atoms with Crippen LogP contribution in [0.25, 0.3) is 0 Å². The van der Waals surface area contributed by atoms with Crippen LogP contribution in [0, 0.1) is 11.8 Å². The smallest absolute Gasteiger partial charge is 0.284 e. The van der Waals surface area contributed by atoms with Crippen LogP contribution in [0.3, 0.4) is 0 Å². The Balaban J connectivity index is 2.08. The van der Waals surface area contributed by atoms with Gasteiger partial charge in [-0.1, -0.05) is 23.8 Å². The van der Waals surface area contributed by atoms with Gasteiger partial charge in [0.2, 0.25) is 0 Å². The number of allylic oxidation sites excluding steroid dienone is 3. The molecule has 0 N–H and O–H groups in total. The first-order valence-electron chi connectivity index (χ1n) is 4.57. The number of rotatable bonds is 1. The highest BCUT2D eigenvalue weighted by Gasteiger charge is 2.46. The van der Waals surface area contributed by atoms with Crippen molar-refractivity contribution in [3.63, 3.8) is 0 Å². The van der Waals surface area contributed by atoms with Gasteiger partial charge in [-0.2, -0.15) is 0 Å². The summed E-state index contributed by atoms with van der Waals surface area (Å²) in [5, 5.41) is 0. The predicted octanol–water partition coefficient (Wildman–Crippen LogP) is 3.04. The molecule has 2 aliphatic rings. The Hall–Kier alpha value is -0.770. The highest BCUT2D eigenvalue weighted by atomic mass is 19.4. The fourth-order valence-corrected chi connectivity index (χ4v) is 1.82. The quantitative estimate of drug-likeness (QED) is 0.637. The van der Waals surface area contributed by atoms with Crippen LogP contribution in [0.15, 0.2) is 23.8 Å². The van der Waals surface area contributed by atoms with Gasteiger partial charge >= 0.3 is 6.36 Å². The number of hydrogen-bond donors (Lipinski definition) is 0. The van der Waals surface area contributed by atoms with Gasteiger partial charge in [0.05, 0.1) is 6.10 Å². The molecule has 1 nitrogen and oxygen atoms in total. The molecule has 0 heterocycles. The topological polar surface area (TPSA) is 9.23 Å². The van der Waals surface area contributed by atoms with Gasteiger partial charge in [0.15, 0.2) is 0 Å². The molecule has 0 aromatic carbocycles. The highest BCUT2D eigenvalue weighted by molar-refractivity contribution is 5.26. The maximum Gasteiger partial charge on any atom is 0.523 e. The first-order valence-corrected chi connectivity index (χ1v) is 4.57. The third kappa shape index (κ3) is 2.18. The molecule has 1 fully saturated rings. The zero-order valence-corrected chi connectivity index (χ0v) is 7.71. The molecule has 2 rings (SSSR count). The van der Waals surface area contributed by atoms with Gasteiger partial charge in [-0.3, -0.25) is 4.74 Å². The van der Waals surface area contributed by atoms with Crippen molar-refractivity contribution in [1.29, 1.82) is 0 Å². The van der Waals surface area contributed by atoms with Crippen LogP contribution < -0.4 is 0 Å². The first-order chi connectivity index (χ1) is 6.46. The second-order valence-corrected chi connectivity index (χ2v) is 3.86. The number of halogens is 3. The van der Waals surface area contributed by atoms with Crippen molar-refractivity contribution in [3.8, 4) is 0 Å². The van der Waals surface area contributed by atoms with Crippen molar-refractivity contribution >= 4 is 0 Å². The van der Waals surface area contributed by atoms with E-state index in [1.807, 2.05) is 12.2 Å². The molecule has 0 spiro atoms. The Morgan fingerprint density at radius 2 is 2.14 bits per heavy atom. The third-order valence-electron chi connectivity index (χ3n) is 2.62. The van der Waals surface area contributed by atoms with Gasteiger partial charge in [0.25, 0.3) is 0 Å². The van der Waals surface area contributed by atoms with E-state index in [1.165, 1.54) is 0 Å². The number of alkyl halides is 3. The summed E-state index contributed by atoms with van der Waals surface area (Å²) in [6.07, 6.45) is 0.873. The predicted molar refractivity (Wildman–Crippen MR) is 45.4 cm³/mol. The third-order valence-corrected chi connectivity index (χ3v) is 2.62. The van der Waals surface area contributed by atoms with Crippen LogP contribution in [0.5, 0.6) is 0 Å². The van der Waals surface area contributed by atoms with Crippen molar-refractivity contribution < 1.29 is 17.9 Å². The van der Waals surface area contributed by atoms with Gasteiger partial charge in [-0.15, -0.1) is 13.2 Å². The summed E-state index contributed by atoms with van der Waals surface area (Å²) in [7, 11) is 0. The minimum absolute atomic E-state index is 0.0188. The van der Waals surface area contributed by atoms with E-state index in [-0.39, 0.29) is 11.8 Å². The minimum atomic E-state index is -4.53. The lowest BCUT2D eigenvalue weighted by Gasteiger charge is -2.15. The zero-order chi connectivity index (χ0) is 10.3. The second kappa shape index (κ2) is 3.12. The number of hydrogen-bond acceptors (Lipinski definition) is 1. The molecule has 14 heavy (non-hydrogen) atoms. The van der Waals surface area contributed by atoms with Crippen LogP contribution in [-0.4, -0.2) is 12.5 Å². The molecule has 78 valence electrons. The van der Waals surface area contributed by atoms with E-state index in [2.05, 4.69) is 4.74 Å². The van der Waals surface area contributed by atoms with E-state index in [1.54, 1.807) is 13.0 Å². The summed E-state index contributed by atoms with van der Waals surface area (Å²) in [6.45, 7) is 1.79. The number of ether oxygens (including phenoxy) is 1. The Bertz CT molecular complexity index is 290. The molecule has 0 aromatic heterocycles.